The summed E-state index contributed by atoms with van der Waals surface area (Å²) in [7, 11) is 0. The van der Waals surface area contributed by atoms with Gasteiger partial charge in [-0.05, 0) is 37.1 Å². The summed E-state index contributed by atoms with van der Waals surface area (Å²) in [5.74, 6) is 0. The summed E-state index contributed by atoms with van der Waals surface area (Å²) in [6, 6.07) is 5.65. The molecule has 1 unspecified atom stereocenters. The average Bonchev–Trinajstić information content (AvgIpc) is 2.63. The normalized spacial score (nSPS) is 17.4. The van der Waals surface area contributed by atoms with Crippen molar-refractivity contribution < 1.29 is 14.6 Å². The van der Waals surface area contributed by atoms with Crippen LogP contribution in [0, 0.1) is 6.92 Å². The standard InChI is InChI=1S/C12H15NO3/c1-8-5-10(9(2)14)7-11(6-8)13-3-4-16-12(13)15/h5-7,9,14H,3-4H2,1-2H3. The molecule has 0 aromatic heterocycles. The number of cyclic esters (lactones) is 1. The molecule has 1 fully saturated rings. The van der Waals surface area contributed by atoms with Gasteiger partial charge in [0.15, 0.2) is 0 Å². The highest BCUT2D eigenvalue weighted by molar-refractivity contribution is 5.89. The van der Waals surface area contributed by atoms with Crippen LogP contribution < -0.4 is 4.90 Å². The minimum atomic E-state index is -0.530. The Balaban J connectivity index is 2.37. The van der Waals surface area contributed by atoms with Crippen LogP contribution in [0.1, 0.15) is 24.2 Å². The first-order chi connectivity index (χ1) is 7.58. The van der Waals surface area contributed by atoms with E-state index in [1.54, 1.807) is 11.8 Å². The van der Waals surface area contributed by atoms with Crippen LogP contribution in [-0.4, -0.2) is 24.4 Å². The van der Waals surface area contributed by atoms with Crippen LogP contribution in [0.15, 0.2) is 18.2 Å². The maximum atomic E-state index is 11.4. The fourth-order valence-electron chi connectivity index (χ4n) is 1.82. The van der Waals surface area contributed by atoms with Gasteiger partial charge in [-0.25, -0.2) is 4.79 Å². The van der Waals surface area contributed by atoms with Crippen molar-refractivity contribution in [2.75, 3.05) is 18.1 Å². The number of nitrogens with zero attached hydrogens (tertiary/aromatic N) is 1. The summed E-state index contributed by atoms with van der Waals surface area (Å²) in [6.07, 6.45) is -0.848. The first-order valence-corrected chi connectivity index (χ1v) is 5.32. The van der Waals surface area contributed by atoms with E-state index in [0.29, 0.717) is 13.2 Å². The SMILES string of the molecule is Cc1cc(C(C)O)cc(N2CCOC2=O)c1. The zero-order valence-electron chi connectivity index (χ0n) is 9.43. The molecule has 1 aromatic rings. The molecule has 0 bridgehead atoms. The van der Waals surface area contributed by atoms with Gasteiger partial charge in [0.05, 0.1) is 12.6 Å². The van der Waals surface area contributed by atoms with E-state index in [0.717, 1.165) is 16.8 Å². The molecule has 86 valence electrons. The van der Waals surface area contributed by atoms with Crippen molar-refractivity contribution in [1.82, 2.24) is 0 Å². The minimum absolute atomic E-state index is 0.317. The third kappa shape index (κ3) is 2.02. The molecule has 16 heavy (non-hydrogen) atoms. The van der Waals surface area contributed by atoms with E-state index < -0.39 is 6.10 Å². The molecule has 0 spiro atoms. The third-order valence-corrected chi connectivity index (χ3v) is 2.64. The molecule has 2 rings (SSSR count). The number of hydrogen-bond acceptors (Lipinski definition) is 3. The lowest BCUT2D eigenvalue weighted by molar-refractivity contribution is 0.181. The van der Waals surface area contributed by atoms with Crippen molar-refractivity contribution in [2.45, 2.75) is 20.0 Å². The molecule has 4 nitrogen and oxygen atoms in total. The molecule has 4 heteroatoms. The molecule has 0 aliphatic carbocycles. The van der Waals surface area contributed by atoms with Gasteiger partial charge in [0.2, 0.25) is 0 Å². The van der Waals surface area contributed by atoms with E-state index >= 15 is 0 Å². The number of amides is 1. The van der Waals surface area contributed by atoms with Crippen LogP contribution in [0.4, 0.5) is 10.5 Å². The number of aliphatic hydroxyl groups excluding tert-OH is 1. The van der Waals surface area contributed by atoms with Gasteiger partial charge in [0.1, 0.15) is 6.61 Å². The van der Waals surface area contributed by atoms with E-state index in [-0.39, 0.29) is 6.09 Å². The molecular formula is C12H15NO3. The molecule has 1 atom stereocenters. The molecule has 1 amide bonds. The van der Waals surface area contributed by atoms with Crippen molar-refractivity contribution in [3.8, 4) is 0 Å². The molecule has 1 aromatic carbocycles. The smallest absolute Gasteiger partial charge is 0.414 e. The molecule has 1 saturated heterocycles. The number of aliphatic hydroxyl groups is 1. The Kier molecular flexibility index (Phi) is 2.83. The van der Waals surface area contributed by atoms with Crippen LogP contribution in [0.5, 0.6) is 0 Å². The summed E-state index contributed by atoms with van der Waals surface area (Å²) in [6.45, 7) is 4.65. The lowest BCUT2D eigenvalue weighted by atomic mass is 10.1. The molecule has 1 N–H and O–H groups in total. The highest BCUT2D eigenvalue weighted by atomic mass is 16.6. The molecule has 1 aliphatic rings. The Morgan fingerprint density at radius 2 is 2.19 bits per heavy atom. The summed E-state index contributed by atoms with van der Waals surface area (Å²) < 4.78 is 4.88. The Morgan fingerprint density at radius 1 is 1.44 bits per heavy atom. The zero-order valence-corrected chi connectivity index (χ0v) is 9.43. The lowest BCUT2D eigenvalue weighted by Crippen LogP contribution is -2.23. The van der Waals surface area contributed by atoms with Gasteiger partial charge in [0.25, 0.3) is 0 Å². The predicted molar refractivity (Wildman–Crippen MR) is 60.5 cm³/mol. The fourth-order valence-corrected chi connectivity index (χ4v) is 1.82. The summed E-state index contributed by atoms with van der Waals surface area (Å²) in [5.41, 5.74) is 2.63. The number of aryl methyl sites for hydroxylation is 1. The number of carbonyl (C=O) groups is 1. The summed E-state index contributed by atoms with van der Waals surface area (Å²) >= 11 is 0. The topological polar surface area (TPSA) is 49.8 Å². The van der Waals surface area contributed by atoms with E-state index in [9.17, 15) is 9.90 Å². The number of anilines is 1. The molecule has 0 radical (unpaired) electrons. The largest absolute Gasteiger partial charge is 0.447 e. The highest BCUT2D eigenvalue weighted by Crippen LogP contribution is 2.25. The Morgan fingerprint density at radius 3 is 2.75 bits per heavy atom. The predicted octanol–water partition coefficient (Wildman–Crippen LogP) is 2.00. The van der Waals surface area contributed by atoms with E-state index in [1.165, 1.54) is 0 Å². The van der Waals surface area contributed by atoms with Gasteiger partial charge in [-0.3, -0.25) is 4.90 Å². The second kappa shape index (κ2) is 4.14. The maximum Gasteiger partial charge on any atom is 0.414 e. The van der Waals surface area contributed by atoms with Gasteiger partial charge in [-0.15, -0.1) is 0 Å². The van der Waals surface area contributed by atoms with E-state index in [4.69, 9.17) is 4.74 Å². The Labute approximate surface area is 94.4 Å². The van der Waals surface area contributed by atoms with Gasteiger partial charge < -0.3 is 9.84 Å². The van der Waals surface area contributed by atoms with E-state index in [1.807, 2.05) is 25.1 Å². The van der Waals surface area contributed by atoms with Crippen LogP contribution in [0.25, 0.3) is 0 Å². The van der Waals surface area contributed by atoms with Crippen LogP contribution in [0.2, 0.25) is 0 Å². The van der Waals surface area contributed by atoms with Crippen LogP contribution in [0.3, 0.4) is 0 Å². The van der Waals surface area contributed by atoms with Crippen molar-refractivity contribution in [2.24, 2.45) is 0 Å². The fraction of sp³-hybridized carbons (Fsp3) is 0.417. The van der Waals surface area contributed by atoms with Gasteiger partial charge in [-0.2, -0.15) is 0 Å². The average molecular weight is 221 g/mol. The zero-order chi connectivity index (χ0) is 11.7. The summed E-state index contributed by atoms with van der Waals surface area (Å²) in [5, 5.41) is 9.55. The van der Waals surface area contributed by atoms with Crippen molar-refractivity contribution in [3.63, 3.8) is 0 Å². The molecule has 0 saturated carbocycles. The maximum absolute atomic E-state index is 11.4. The number of rotatable bonds is 2. The highest BCUT2D eigenvalue weighted by Gasteiger charge is 2.24. The molecular weight excluding hydrogens is 206 g/mol. The third-order valence-electron chi connectivity index (χ3n) is 2.64. The number of carbonyl (C=O) groups excluding carboxylic acids is 1. The molecule has 1 heterocycles. The molecule has 1 aliphatic heterocycles. The van der Waals surface area contributed by atoms with Crippen molar-refractivity contribution >= 4 is 11.8 Å². The Bertz CT molecular complexity index is 415. The van der Waals surface area contributed by atoms with E-state index in [2.05, 4.69) is 0 Å². The van der Waals surface area contributed by atoms with Gasteiger partial charge in [-0.1, -0.05) is 6.07 Å². The van der Waals surface area contributed by atoms with Crippen molar-refractivity contribution in [3.05, 3.63) is 29.3 Å². The first-order valence-electron chi connectivity index (χ1n) is 5.32. The number of hydrogen-bond donors (Lipinski definition) is 1. The Hall–Kier alpha value is -1.55. The number of ether oxygens (including phenoxy) is 1. The van der Waals surface area contributed by atoms with Crippen molar-refractivity contribution in [1.29, 1.82) is 0 Å². The minimum Gasteiger partial charge on any atom is -0.447 e. The first kappa shape index (κ1) is 11.0. The monoisotopic (exact) mass is 221 g/mol. The number of benzene rings is 1. The lowest BCUT2D eigenvalue weighted by Gasteiger charge is -2.16. The van der Waals surface area contributed by atoms with Crippen LogP contribution >= 0.6 is 0 Å². The second-order valence-corrected chi connectivity index (χ2v) is 4.04. The van der Waals surface area contributed by atoms with Gasteiger partial charge in [0, 0.05) is 5.69 Å². The quantitative estimate of drug-likeness (QED) is 0.831. The van der Waals surface area contributed by atoms with Gasteiger partial charge >= 0.3 is 6.09 Å². The summed E-state index contributed by atoms with van der Waals surface area (Å²) in [4.78, 5) is 13.0. The second-order valence-electron chi connectivity index (χ2n) is 4.04. The van der Waals surface area contributed by atoms with Crippen LogP contribution in [-0.2, 0) is 4.74 Å².